The summed E-state index contributed by atoms with van der Waals surface area (Å²) in [5.41, 5.74) is 23.3. The Kier molecular flexibility index (Phi) is 7.20. The monoisotopic (exact) mass is 810 g/mol. The van der Waals surface area contributed by atoms with Crippen molar-refractivity contribution in [2.24, 2.45) is 0 Å². The van der Waals surface area contributed by atoms with Crippen molar-refractivity contribution >= 4 is 32.3 Å². The lowest BCUT2D eigenvalue weighted by atomic mass is 9.70. The molecule has 0 N–H and O–H groups in total. The van der Waals surface area contributed by atoms with Crippen LogP contribution in [0.5, 0.6) is 0 Å². The normalized spacial score (nSPS) is 14.3. The highest BCUT2D eigenvalue weighted by Gasteiger charge is 2.51. The van der Waals surface area contributed by atoms with Crippen LogP contribution in [0, 0.1) is 0 Å². The summed E-state index contributed by atoms with van der Waals surface area (Å²) in [6.07, 6.45) is 0. The lowest BCUT2D eigenvalue weighted by Crippen LogP contribution is -2.25. The zero-order valence-electron chi connectivity index (χ0n) is 35.8. The van der Waals surface area contributed by atoms with Gasteiger partial charge in [0.2, 0.25) is 0 Å². The molecule has 11 aromatic carbocycles. The van der Waals surface area contributed by atoms with Crippen molar-refractivity contribution in [3.63, 3.8) is 0 Å². The molecule has 0 bridgehead atoms. The van der Waals surface area contributed by atoms with E-state index in [1.807, 2.05) is 0 Å². The molecule has 0 saturated carbocycles. The summed E-state index contributed by atoms with van der Waals surface area (Å²) in [4.78, 5) is 0. The Bertz CT molecular complexity index is 3700. The number of benzene rings is 11. The first kappa shape index (κ1) is 35.8. The fourth-order valence-electron chi connectivity index (χ4n) is 12.6. The Hall–Kier alpha value is -7.80. The maximum absolute atomic E-state index is 2.54. The number of hydrogen-bond acceptors (Lipinski definition) is 0. The molecule has 0 nitrogen and oxygen atoms in total. The maximum Gasteiger partial charge on any atom is 0.0725 e. The molecule has 0 unspecified atom stereocenters. The van der Waals surface area contributed by atoms with E-state index in [-0.39, 0.29) is 5.41 Å². The van der Waals surface area contributed by atoms with Crippen LogP contribution in [0.15, 0.2) is 218 Å². The molecule has 0 heteroatoms. The fraction of sp³-hybridized carbons (Fsp3) is 0.0625. The lowest BCUT2D eigenvalue weighted by Gasteiger charge is -2.30. The minimum absolute atomic E-state index is 0.102. The van der Waals surface area contributed by atoms with Crippen molar-refractivity contribution < 1.29 is 0 Å². The predicted octanol–water partition coefficient (Wildman–Crippen LogP) is 16.8. The van der Waals surface area contributed by atoms with Crippen molar-refractivity contribution in [2.75, 3.05) is 0 Å². The number of hydrogen-bond donors (Lipinski definition) is 0. The third-order valence-corrected chi connectivity index (χ3v) is 15.2. The smallest absolute Gasteiger partial charge is 0.0619 e. The van der Waals surface area contributed by atoms with Crippen LogP contribution in [0.3, 0.4) is 0 Å². The molecular formula is C64H42. The van der Waals surface area contributed by atoms with E-state index in [1.54, 1.807) is 0 Å². The summed E-state index contributed by atoms with van der Waals surface area (Å²) in [5, 5.41) is 7.64. The van der Waals surface area contributed by atoms with Crippen LogP contribution in [-0.4, -0.2) is 0 Å². The Morgan fingerprint density at radius 2 is 0.688 bits per heavy atom. The van der Waals surface area contributed by atoms with E-state index in [1.165, 1.54) is 132 Å². The molecular weight excluding hydrogens is 769 g/mol. The highest BCUT2D eigenvalue weighted by molar-refractivity contribution is 6.22. The van der Waals surface area contributed by atoms with Crippen LogP contribution in [0.1, 0.15) is 47.2 Å². The quantitative estimate of drug-likeness (QED) is 0.156. The fourth-order valence-corrected chi connectivity index (χ4v) is 12.6. The molecule has 0 aliphatic heterocycles. The SMILES string of the molecule is CC1(C)c2cc3ccccc3cc2-c2c(-c3cccc(-c4c5ccccc5c(-c5ccc6c(c5)C5(c7ccccc7-c7ccccc75)c5ccccc5-6)c5ccccc45)c3)cccc21. The van der Waals surface area contributed by atoms with Gasteiger partial charge in [-0.2, -0.15) is 0 Å². The maximum atomic E-state index is 2.54. The molecule has 0 aromatic heterocycles. The van der Waals surface area contributed by atoms with Gasteiger partial charge in [0, 0.05) is 5.41 Å². The van der Waals surface area contributed by atoms with Crippen molar-refractivity contribution in [3.8, 4) is 66.8 Å². The summed E-state index contributed by atoms with van der Waals surface area (Å²) in [6.45, 7) is 4.77. The Morgan fingerprint density at radius 3 is 1.28 bits per heavy atom. The van der Waals surface area contributed by atoms with Crippen molar-refractivity contribution in [2.45, 2.75) is 24.7 Å². The van der Waals surface area contributed by atoms with E-state index in [0.29, 0.717) is 0 Å². The first-order valence-electron chi connectivity index (χ1n) is 22.7. The average molecular weight is 811 g/mol. The third-order valence-electron chi connectivity index (χ3n) is 15.2. The summed E-state index contributed by atoms with van der Waals surface area (Å²) in [5.74, 6) is 0. The molecule has 1 spiro atoms. The Morgan fingerprint density at radius 1 is 0.250 bits per heavy atom. The van der Waals surface area contributed by atoms with E-state index in [4.69, 9.17) is 0 Å². The topological polar surface area (TPSA) is 0 Å². The zero-order chi connectivity index (χ0) is 42.3. The van der Waals surface area contributed by atoms with Crippen molar-refractivity contribution in [3.05, 3.63) is 252 Å². The Labute approximate surface area is 373 Å². The molecule has 14 rings (SSSR count). The van der Waals surface area contributed by atoms with Gasteiger partial charge in [-0.25, -0.2) is 0 Å². The van der Waals surface area contributed by atoms with Gasteiger partial charge in [-0.15, -0.1) is 0 Å². The van der Waals surface area contributed by atoms with Crippen LogP contribution in [-0.2, 0) is 10.8 Å². The molecule has 0 fully saturated rings. The standard InChI is InChI=1S/C64H42/c1-63(2)57-32-16-28-44(62(57)53-36-39-17-3-4-18-40(39)37-58(53)63)41-19-15-20-42(35-41)60-49-24-5-7-26-51(49)61(52-27-8-6-25-50(52)60)43-33-34-48-47-23-11-14-31-56(47)64(59(48)38-43)54-29-12-9-21-45(54)46-22-10-13-30-55(46)64/h3-38H,1-2H3. The van der Waals surface area contributed by atoms with Crippen LogP contribution >= 0.6 is 0 Å². The van der Waals surface area contributed by atoms with Crippen LogP contribution < -0.4 is 0 Å². The summed E-state index contributed by atoms with van der Waals surface area (Å²) in [6, 6.07) is 82.7. The highest BCUT2D eigenvalue weighted by atomic mass is 14.5. The van der Waals surface area contributed by atoms with Gasteiger partial charge in [0.15, 0.2) is 0 Å². The minimum atomic E-state index is -0.401. The molecule has 0 radical (unpaired) electrons. The average Bonchev–Trinajstić information content (AvgIpc) is 3.90. The largest absolute Gasteiger partial charge is 0.0725 e. The molecule has 0 amide bonds. The van der Waals surface area contributed by atoms with Gasteiger partial charge in [-0.3, -0.25) is 0 Å². The van der Waals surface area contributed by atoms with Gasteiger partial charge in [0.1, 0.15) is 0 Å². The van der Waals surface area contributed by atoms with Crippen LogP contribution in [0.4, 0.5) is 0 Å². The van der Waals surface area contributed by atoms with E-state index >= 15 is 0 Å². The second kappa shape index (κ2) is 12.9. The van der Waals surface area contributed by atoms with Crippen LogP contribution in [0.2, 0.25) is 0 Å². The summed E-state index contributed by atoms with van der Waals surface area (Å²) < 4.78 is 0. The van der Waals surface area contributed by atoms with E-state index in [9.17, 15) is 0 Å². The number of rotatable bonds is 3. The summed E-state index contributed by atoms with van der Waals surface area (Å²) in [7, 11) is 0. The predicted molar refractivity (Wildman–Crippen MR) is 269 cm³/mol. The molecule has 3 aliphatic rings. The second-order valence-corrected chi connectivity index (χ2v) is 18.7. The van der Waals surface area contributed by atoms with Gasteiger partial charge in [-0.1, -0.05) is 208 Å². The first-order chi connectivity index (χ1) is 31.5. The molecule has 11 aromatic rings. The van der Waals surface area contributed by atoms with E-state index in [0.717, 1.165) is 0 Å². The van der Waals surface area contributed by atoms with E-state index in [2.05, 4.69) is 232 Å². The first-order valence-corrected chi connectivity index (χ1v) is 22.7. The molecule has 0 heterocycles. The van der Waals surface area contributed by atoms with Gasteiger partial charge < -0.3 is 0 Å². The minimum Gasteiger partial charge on any atom is -0.0619 e. The molecule has 0 atom stereocenters. The van der Waals surface area contributed by atoms with Crippen molar-refractivity contribution in [1.82, 2.24) is 0 Å². The van der Waals surface area contributed by atoms with Gasteiger partial charge in [0.25, 0.3) is 0 Å². The van der Waals surface area contributed by atoms with Crippen molar-refractivity contribution in [1.29, 1.82) is 0 Å². The molecule has 0 saturated heterocycles. The van der Waals surface area contributed by atoms with E-state index < -0.39 is 5.41 Å². The van der Waals surface area contributed by atoms with Gasteiger partial charge in [0.05, 0.1) is 5.41 Å². The second-order valence-electron chi connectivity index (χ2n) is 18.7. The third kappa shape index (κ3) is 4.57. The van der Waals surface area contributed by atoms with Gasteiger partial charge >= 0.3 is 0 Å². The molecule has 3 aliphatic carbocycles. The van der Waals surface area contributed by atoms with Gasteiger partial charge in [-0.05, 0) is 157 Å². The zero-order valence-corrected chi connectivity index (χ0v) is 35.8. The number of fused-ring (bicyclic) bond motifs is 16. The molecule has 298 valence electrons. The Balaban J connectivity index is 0.988. The van der Waals surface area contributed by atoms with Crippen LogP contribution in [0.25, 0.3) is 99.1 Å². The molecule has 64 heavy (non-hydrogen) atoms. The highest BCUT2D eigenvalue weighted by Crippen LogP contribution is 2.63. The lowest BCUT2D eigenvalue weighted by molar-refractivity contribution is 0.661. The summed E-state index contributed by atoms with van der Waals surface area (Å²) >= 11 is 0.